The molecule has 2 amide bonds. The predicted octanol–water partition coefficient (Wildman–Crippen LogP) is 0.480. The van der Waals surface area contributed by atoms with Crippen LogP contribution in [0.4, 0.5) is 0 Å². The number of nitrogens with one attached hydrogen (secondary N) is 3. The number of aromatic amines is 1. The monoisotopic (exact) mass is 285 g/mol. The molecular weight excluding hydrogens is 270 g/mol. The molecule has 1 aliphatic heterocycles. The lowest BCUT2D eigenvalue weighted by Crippen LogP contribution is -2.38. The van der Waals surface area contributed by atoms with Crippen LogP contribution in [-0.4, -0.2) is 39.6 Å². The van der Waals surface area contributed by atoms with Gasteiger partial charge in [-0.2, -0.15) is 5.10 Å². The lowest BCUT2D eigenvalue weighted by Gasteiger charge is -2.11. The Morgan fingerprint density at radius 1 is 1.38 bits per heavy atom. The Morgan fingerprint density at radius 2 is 2.19 bits per heavy atom. The van der Waals surface area contributed by atoms with Crippen molar-refractivity contribution in [3.63, 3.8) is 0 Å². The van der Waals surface area contributed by atoms with Gasteiger partial charge in [0.05, 0.1) is 6.20 Å². The van der Waals surface area contributed by atoms with Crippen LogP contribution in [-0.2, 0) is 4.79 Å². The number of amides is 2. The highest BCUT2D eigenvalue weighted by Gasteiger charge is 2.22. The Balaban J connectivity index is 1.68. The number of nitrogens with zero attached hydrogens (tertiary/aromatic N) is 2. The maximum absolute atomic E-state index is 12.2. The molecule has 0 aromatic carbocycles. The minimum Gasteiger partial charge on any atom is -0.352 e. The van der Waals surface area contributed by atoms with Crippen molar-refractivity contribution in [3.8, 4) is 11.1 Å². The molecule has 7 nitrogen and oxygen atoms in total. The number of H-pyrrole nitrogens is 1. The molecule has 1 fully saturated rings. The summed E-state index contributed by atoms with van der Waals surface area (Å²) in [6.07, 6.45) is 6.21. The summed E-state index contributed by atoms with van der Waals surface area (Å²) < 4.78 is 0. The van der Waals surface area contributed by atoms with Gasteiger partial charge in [0.1, 0.15) is 5.69 Å². The fourth-order valence-electron chi connectivity index (χ4n) is 2.34. The van der Waals surface area contributed by atoms with E-state index in [1.807, 2.05) is 12.1 Å². The van der Waals surface area contributed by atoms with Gasteiger partial charge in [0.15, 0.2) is 0 Å². The molecule has 7 heteroatoms. The van der Waals surface area contributed by atoms with Gasteiger partial charge in [-0.15, -0.1) is 0 Å². The molecule has 1 aliphatic rings. The summed E-state index contributed by atoms with van der Waals surface area (Å²) in [4.78, 5) is 27.3. The first kappa shape index (κ1) is 13.3. The third kappa shape index (κ3) is 2.91. The summed E-state index contributed by atoms with van der Waals surface area (Å²) in [5.41, 5.74) is 2.01. The molecule has 1 saturated heterocycles. The Kier molecular flexibility index (Phi) is 3.63. The van der Waals surface area contributed by atoms with Gasteiger partial charge in [-0.1, -0.05) is 0 Å². The van der Waals surface area contributed by atoms with E-state index in [4.69, 9.17) is 0 Å². The first-order chi connectivity index (χ1) is 10.2. The smallest absolute Gasteiger partial charge is 0.270 e. The molecule has 0 spiro atoms. The van der Waals surface area contributed by atoms with Crippen molar-refractivity contribution in [1.29, 1.82) is 0 Å². The van der Waals surface area contributed by atoms with Gasteiger partial charge in [0.2, 0.25) is 5.91 Å². The van der Waals surface area contributed by atoms with E-state index in [1.54, 1.807) is 18.6 Å². The number of carbonyl (C=O) groups is 2. The number of carbonyl (C=O) groups excluding carboxylic acids is 2. The van der Waals surface area contributed by atoms with Crippen LogP contribution in [0.2, 0.25) is 0 Å². The molecule has 0 radical (unpaired) electrons. The normalized spacial score (nSPS) is 17.5. The zero-order valence-corrected chi connectivity index (χ0v) is 11.3. The van der Waals surface area contributed by atoms with E-state index in [0.717, 1.165) is 17.5 Å². The maximum Gasteiger partial charge on any atom is 0.270 e. The van der Waals surface area contributed by atoms with E-state index in [1.165, 1.54) is 0 Å². The van der Waals surface area contributed by atoms with E-state index in [2.05, 4.69) is 25.8 Å². The largest absolute Gasteiger partial charge is 0.352 e. The standard InChI is InChI=1S/C14H15N5O2/c20-12-2-1-10(18-12)7-16-14(21)13-11(8-17-19-13)9-3-5-15-6-4-9/h3-6,8,10H,1-2,7H2,(H,16,21)(H,17,19)(H,18,20)/t10-/m0/s1. The zero-order valence-electron chi connectivity index (χ0n) is 11.3. The lowest BCUT2D eigenvalue weighted by atomic mass is 10.1. The molecule has 2 aromatic rings. The second kappa shape index (κ2) is 5.74. The molecule has 3 heterocycles. The molecule has 0 aliphatic carbocycles. The van der Waals surface area contributed by atoms with E-state index >= 15 is 0 Å². The average Bonchev–Trinajstić information content (AvgIpc) is 3.14. The Hall–Kier alpha value is -2.70. The minimum absolute atomic E-state index is 0.00810. The second-order valence-corrected chi connectivity index (χ2v) is 4.91. The van der Waals surface area contributed by atoms with Crippen molar-refractivity contribution < 1.29 is 9.59 Å². The highest BCUT2D eigenvalue weighted by molar-refractivity contribution is 5.98. The van der Waals surface area contributed by atoms with E-state index in [-0.39, 0.29) is 17.9 Å². The quantitative estimate of drug-likeness (QED) is 0.760. The fourth-order valence-corrected chi connectivity index (χ4v) is 2.34. The average molecular weight is 285 g/mol. The van der Waals surface area contributed by atoms with Gasteiger partial charge in [-0.3, -0.25) is 19.7 Å². The molecule has 0 bridgehead atoms. The second-order valence-electron chi connectivity index (χ2n) is 4.91. The Morgan fingerprint density at radius 3 is 2.90 bits per heavy atom. The topological polar surface area (TPSA) is 99.8 Å². The van der Waals surface area contributed by atoms with Crippen LogP contribution >= 0.6 is 0 Å². The van der Waals surface area contributed by atoms with Crippen LogP contribution in [0, 0.1) is 0 Å². The summed E-state index contributed by atoms with van der Waals surface area (Å²) in [5, 5.41) is 12.3. The fraction of sp³-hybridized carbons (Fsp3) is 0.286. The molecule has 0 saturated carbocycles. The molecule has 108 valence electrons. The van der Waals surface area contributed by atoms with Gasteiger partial charge < -0.3 is 10.6 Å². The highest BCUT2D eigenvalue weighted by Crippen LogP contribution is 2.20. The van der Waals surface area contributed by atoms with Crippen molar-refractivity contribution >= 4 is 11.8 Å². The summed E-state index contributed by atoms with van der Waals surface area (Å²) in [5.74, 6) is -0.200. The third-order valence-electron chi connectivity index (χ3n) is 3.45. The van der Waals surface area contributed by atoms with Crippen LogP contribution in [0.15, 0.2) is 30.7 Å². The van der Waals surface area contributed by atoms with Crippen molar-refractivity contribution in [1.82, 2.24) is 25.8 Å². The van der Waals surface area contributed by atoms with Crippen LogP contribution < -0.4 is 10.6 Å². The predicted molar refractivity (Wildman–Crippen MR) is 75.3 cm³/mol. The summed E-state index contributed by atoms with van der Waals surface area (Å²) >= 11 is 0. The van der Waals surface area contributed by atoms with E-state index in [9.17, 15) is 9.59 Å². The molecule has 1 atom stereocenters. The SMILES string of the molecule is O=C1CC[C@@H](CNC(=O)c2[nH]ncc2-c2ccncc2)N1. The van der Waals surface area contributed by atoms with Gasteiger partial charge in [0.25, 0.3) is 5.91 Å². The van der Waals surface area contributed by atoms with Crippen LogP contribution in [0.1, 0.15) is 23.3 Å². The number of hydrogen-bond acceptors (Lipinski definition) is 4. The third-order valence-corrected chi connectivity index (χ3v) is 3.45. The van der Waals surface area contributed by atoms with Crippen molar-refractivity contribution in [3.05, 3.63) is 36.4 Å². The van der Waals surface area contributed by atoms with Crippen molar-refractivity contribution in [2.75, 3.05) is 6.54 Å². The van der Waals surface area contributed by atoms with Crippen LogP contribution in [0.3, 0.4) is 0 Å². The van der Waals surface area contributed by atoms with Gasteiger partial charge >= 0.3 is 0 Å². The van der Waals surface area contributed by atoms with Crippen LogP contribution in [0.5, 0.6) is 0 Å². The Bertz CT molecular complexity index is 652. The number of rotatable bonds is 4. The van der Waals surface area contributed by atoms with Crippen molar-refractivity contribution in [2.45, 2.75) is 18.9 Å². The first-order valence-electron chi connectivity index (χ1n) is 6.75. The first-order valence-corrected chi connectivity index (χ1v) is 6.75. The molecular formula is C14H15N5O2. The molecule has 21 heavy (non-hydrogen) atoms. The summed E-state index contributed by atoms with van der Waals surface area (Å²) in [7, 11) is 0. The van der Waals surface area contributed by atoms with E-state index < -0.39 is 0 Å². The lowest BCUT2D eigenvalue weighted by molar-refractivity contribution is -0.119. The van der Waals surface area contributed by atoms with Gasteiger partial charge in [0, 0.05) is 37.0 Å². The van der Waals surface area contributed by atoms with Crippen molar-refractivity contribution in [2.24, 2.45) is 0 Å². The maximum atomic E-state index is 12.2. The molecule has 2 aromatic heterocycles. The highest BCUT2D eigenvalue weighted by atomic mass is 16.2. The molecule has 3 rings (SSSR count). The minimum atomic E-state index is -0.236. The molecule has 3 N–H and O–H groups in total. The Labute approximate surface area is 121 Å². The van der Waals surface area contributed by atoms with Crippen LogP contribution in [0.25, 0.3) is 11.1 Å². The van der Waals surface area contributed by atoms with Gasteiger partial charge in [-0.25, -0.2) is 0 Å². The summed E-state index contributed by atoms with van der Waals surface area (Å²) in [6.45, 7) is 0.416. The number of hydrogen-bond donors (Lipinski definition) is 3. The number of pyridine rings is 1. The summed E-state index contributed by atoms with van der Waals surface area (Å²) in [6, 6.07) is 3.64. The zero-order chi connectivity index (χ0) is 14.7. The molecule has 0 unspecified atom stereocenters. The number of aromatic nitrogens is 3. The van der Waals surface area contributed by atoms with E-state index in [0.29, 0.717) is 18.7 Å². The van der Waals surface area contributed by atoms with Gasteiger partial charge in [-0.05, 0) is 24.1 Å².